The first-order valence-corrected chi connectivity index (χ1v) is 9.88. The minimum Gasteiger partial charge on any atom is -0.342 e. The van der Waals surface area contributed by atoms with Crippen molar-refractivity contribution < 1.29 is 4.52 Å². The number of rotatable bonds is 4. The lowest BCUT2D eigenvalue weighted by Gasteiger charge is -2.29. The molecule has 0 amide bonds. The maximum Gasteiger partial charge on any atom is 0.241 e. The summed E-state index contributed by atoms with van der Waals surface area (Å²) >= 11 is 6.05. The molecule has 4 aromatic rings. The maximum absolute atomic E-state index is 6.05. The molecular formula is C21H20ClN5O. The van der Waals surface area contributed by atoms with Gasteiger partial charge < -0.3 is 9.51 Å². The number of para-hydroxylation sites is 2. The first kappa shape index (κ1) is 17.4. The molecule has 0 radical (unpaired) electrons. The van der Waals surface area contributed by atoms with Crippen LogP contribution in [-0.4, -0.2) is 38.1 Å². The summed E-state index contributed by atoms with van der Waals surface area (Å²) in [5.41, 5.74) is 3.02. The molecule has 0 unspecified atom stereocenters. The monoisotopic (exact) mass is 393 g/mol. The van der Waals surface area contributed by atoms with Gasteiger partial charge in [-0.15, -0.1) is 0 Å². The van der Waals surface area contributed by atoms with Crippen LogP contribution >= 0.6 is 11.6 Å². The summed E-state index contributed by atoms with van der Waals surface area (Å²) in [6.07, 6.45) is 2.13. The van der Waals surface area contributed by atoms with Gasteiger partial charge in [-0.2, -0.15) is 4.98 Å². The third kappa shape index (κ3) is 3.53. The lowest BCUT2D eigenvalue weighted by molar-refractivity contribution is 0.179. The van der Waals surface area contributed by atoms with Crippen molar-refractivity contribution in [2.24, 2.45) is 0 Å². The van der Waals surface area contributed by atoms with Gasteiger partial charge in [0.2, 0.25) is 11.7 Å². The van der Waals surface area contributed by atoms with E-state index in [4.69, 9.17) is 21.1 Å². The van der Waals surface area contributed by atoms with Crippen LogP contribution in [0.15, 0.2) is 53.1 Å². The van der Waals surface area contributed by atoms with E-state index in [0.717, 1.165) is 48.4 Å². The Balaban J connectivity index is 1.22. The second kappa shape index (κ2) is 7.37. The summed E-state index contributed by atoms with van der Waals surface area (Å²) in [6, 6.07) is 15.7. The molecule has 28 heavy (non-hydrogen) atoms. The van der Waals surface area contributed by atoms with Crippen LogP contribution in [0.5, 0.6) is 0 Å². The molecule has 142 valence electrons. The van der Waals surface area contributed by atoms with E-state index in [1.165, 1.54) is 0 Å². The van der Waals surface area contributed by atoms with Gasteiger partial charge >= 0.3 is 0 Å². The van der Waals surface area contributed by atoms with Gasteiger partial charge in [0, 0.05) is 16.5 Å². The van der Waals surface area contributed by atoms with E-state index in [2.05, 4.69) is 32.2 Å². The van der Waals surface area contributed by atoms with Gasteiger partial charge in [0.25, 0.3) is 0 Å². The van der Waals surface area contributed by atoms with Gasteiger partial charge in [-0.25, -0.2) is 4.98 Å². The van der Waals surface area contributed by atoms with Crippen molar-refractivity contribution in [3.8, 4) is 11.4 Å². The van der Waals surface area contributed by atoms with Gasteiger partial charge in [0.1, 0.15) is 5.82 Å². The molecule has 2 aromatic heterocycles. The van der Waals surface area contributed by atoms with Crippen LogP contribution in [0.2, 0.25) is 5.02 Å². The smallest absolute Gasteiger partial charge is 0.241 e. The van der Waals surface area contributed by atoms with Crippen molar-refractivity contribution in [2.45, 2.75) is 25.3 Å². The first-order valence-electron chi connectivity index (χ1n) is 9.50. The number of piperidine rings is 1. The van der Waals surface area contributed by atoms with E-state index in [-0.39, 0.29) is 0 Å². The summed E-state index contributed by atoms with van der Waals surface area (Å²) in [5, 5.41) is 4.76. The standard InChI is InChI=1S/C21H20ClN5O/c22-16-5-3-4-15(12-16)21-25-19(28-26-21)13-27-10-8-14(9-11-27)20-23-17-6-1-2-7-18(17)24-20/h1-7,12,14H,8-11,13H2,(H,23,24). The van der Waals surface area contributed by atoms with Gasteiger partial charge in [0.15, 0.2) is 0 Å². The van der Waals surface area contributed by atoms with Crippen molar-refractivity contribution in [1.82, 2.24) is 25.0 Å². The third-order valence-corrected chi connectivity index (χ3v) is 5.53. The van der Waals surface area contributed by atoms with E-state index in [1.807, 2.05) is 36.4 Å². The summed E-state index contributed by atoms with van der Waals surface area (Å²) in [5.74, 6) is 2.78. The Morgan fingerprint density at radius 1 is 1.07 bits per heavy atom. The number of hydrogen-bond acceptors (Lipinski definition) is 5. The zero-order valence-electron chi connectivity index (χ0n) is 15.3. The van der Waals surface area contributed by atoms with Crippen LogP contribution in [0.3, 0.4) is 0 Å². The number of nitrogens with zero attached hydrogens (tertiary/aromatic N) is 4. The number of aromatic amines is 1. The van der Waals surface area contributed by atoms with E-state index in [9.17, 15) is 0 Å². The highest BCUT2D eigenvalue weighted by molar-refractivity contribution is 6.30. The number of aromatic nitrogens is 4. The van der Waals surface area contributed by atoms with E-state index < -0.39 is 0 Å². The highest BCUT2D eigenvalue weighted by Crippen LogP contribution is 2.28. The second-order valence-electron chi connectivity index (χ2n) is 7.21. The van der Waals surface area contributed by atoms with Crippen molar-refractivity contribution in [2.75, 3.05) is 13.1 Å². The van der Waals surface area contributed by atoms with Crippen LogP contribution in [0.4, 0.5) is 0 Å². The highest BCUT2D eigenvalue weighted by Gasteiger charge is 2.24. The minimum atomic E-state index is 0.466. The van der Waals surface area contributed by atoms with Crippen molar-refractivity contribution in [3.05, 3.63) is 65.3 Å². The normalized spacial score (nSPS) is 16.0. The molecule has 3 heterocycles. The molecule has 5 rings (SSSR count). The Morgan fingerprint density at radius 3 is 2.75 bits per heavy atom. The van der Waals surface area contributed by atoms with Crippen molar-refractivity contribution in [1.29, 1.82) is 0 Å². The van der Waals surface area contributed by atoms with Gasteiger partial charge in [-0.3, -0.25) is 4.90 Å². The van der Waals surface area contributed by atoms with E-state index in [0.29, 0.717) is 29.2 Å². The summed E-state index contributed by atoms with van der Waals surface area (Å²) in [6.45, 7) is 2.63. The summed E-state index contributed by atoms with van der Waals surface area (Å²) in [7, 11) is 0. The van der Waals surface area contributed by atoms with Gasteiger partial charge in [-0.05, 0) is 50.2 Å². The number of benzene rings is 2. The average molecular weight is 394 g/mol. The van der Waals surface area contributed by atoms with Crippen LogP contribution in [0.25, 0.3) is 22.4 Å². The zero-order chi connectivity index (χ0) is 18.9. The molecule has 1 N–H and O–H groups in total. The second-order valence-corrected chi connectivity index (χ2v) is 7.65. The van der Waals surface area contributed by atoms with Gasteiger partial charge in [-0.1, -0.05) is 41.0 Å². The predicted molar refractivity (Wildman–Crippen MR) is 108 cm³/mol. The molecule has 1 fully saturated rings. The quantitative estimate of drug-likeness (QED) is 0.546. The Bertz CT molecular complexity index is 1060. The molecule has 1 aliphatic rings. The number of likely N-dealkylation sites (tertiary alicyclic amines) is 1. The Hall–Kier alpha value is -2.70. The Morgan fingerprint density at radius 2 is 1.93 bits per heavy atom. The fourth-order valence-electron chi connectivity index (χ4n) is 3.79. The van der Waals surface area contributed by atoms with E-state index >= 15 is 0 Å². The third-order valence-electron chi connectivity index (χ3n) is 5.29. The molecular weight excluding hydrogens is 374 g/mol. The summed E-state index contributed by atoms with van der Waals surface area (Å²) < 4.78 is 5.45. The topological polar surface area (TPSA) is 70.8 Å². The number of fused-ring (bicyclic) bond motifs is 1. The lowest BCUT2D eigenvalue weighted by Crippen LogP contribution is -2.32. The number of H-pyrrole nitrogens is 1. The van der Waals surface area contributed by atoms with Crippen molar-refractivity contribution in [3.63, 3.8) is 0 Å². The Kier molecular flexibility index (Phi) is 4.58. The molecule has 0 spiro atoms. The maximum atomic E-state index is 6.05. The largest absolute Gasteiger partial charge is 0.342 e. The molecule has 1 saturated heterocycles. The van der Waals surface area contributed by atoms with Crippen molar-refractivity contribution >= 4 is 22.6 Å². The molecule has 0 saturated carbocycles. The number of hydrogen-bond donors (Lipinski definition) is 1. The molecule has 0 aliphatic carbocycles. The predicted octanol–water partition coefficient (Wildman–Crippen LogP) is 4.65. The van der Waals surface area contributed by atoms with Crippen LogP contribution in [0.1, 0.15) is 30.5 Å². The first-order chi connectivity index (χ1) is 13.7. The fraction of sp³-hybridized carbons (Fsp3) is 0.286. The van der Waals surface area contributed by atoms with Crippen LogP contribution in [0, 0.1) is 0 Å². The SMILES string of the molecule is Clc1cccc(-c2noc(CN3CCC(c4nc5ccccc5[nH]4)CC3)n2)c1. The molecule has 7 heteroatoms. The number of imidazole rings is 1. The zero-order valence-corrected chi connectivity index (χ0v) is 16.1. The molecule has 2 aromatic carbocycles. The lowest BCUT2D eigenvalue weighted by atomic mass is 9.96. The van der Waals surface area contributed by atoms with Crippen LogP contribution in [-0.2, 0) is 6.54 Å². The van der Waals surface area contributed by atoms with E-state index in [1.54, 1.807) is 0 Å². The molecule has 0 atom stereocenters. The van der Waals surface area contributed by atoms with Gasteiger partial charge in [0.05, 0.1) is 17.6 Å². The Labute approximate surface area is 167 Å². The summed E-state index contributed by atoms with van der Waals surface area (Å²) in [4.78, 5) is 15.1. The minimum absolute atomic E-state index is 0.466. The number of halogens is 1. The molecule has 0 bridgehead atoms. The number of nitrogens with one attached hydrogen (secondary N) is 1. The molecule has 6 nitrogen and oxygen atoms in total. The molecule has 1 aliphatic heterocycles. The van der Waals surface area contributed by atoms with Crippen LogP contribution < -0.4 is 0 Å². The highest BCUT2D eigenvalue weighted by atomic mass is 35.5. The fourth-order valence-corrected chi connectivity index (χ4v) is 3.98. The average Bonchev–Trinajstić information content (AvgIpc) is 3.35.